The summed E-state index contributed by atoms with van der Waals surface area (Å²) in [5, 5.41) is 24.4. The zero-order valence-corrected chi connectivity index (χ0v) is 18.4. The number of nitrogens with zero attached hydrogens (tertiary/aromatic N) is 4. The molecule has 0 bridgehead atoms. The first-order chi connectivity index (χ1) is 16.8. The number of rotatable bonds is 5. The minimum Gasteiger partial charge on any atom is -0.273 e. The van der Waals surface area contributed by atoms with Gasteiger partial charge in [0.05, 0.1) is 27.3 Å². The molecule has 2 heterocycles. The Labute approximate surface area is 202 Å². The smallest absolute Gasteiger partial charge is 0.271 e. The molecule has 2 amide bonds. The van der Waals surface area contributed by atoms with Crippen molar-refractivity contribution < 1.29 is 24.3 Å². The van der Waals surface area contributed by atoms with Crippen molar-refractivity contribution in [2.45, 2.75) is 12.1 Å². The third-order valence-corrected chi connectivity index (χ3v) is 6.17. The van der Waals surface area contributed by atoms with E-state index in [1.165, 1.54) is 41.5 Å². The average molecular weight is 495 g/mol. The van der Waals surface area contributed by atoms with Gasteiger partial charge in [0.25, 0.3) is 17.3 Å². The summed E-state index contributed by atoms with van der Waals surface area (Å²) in [6, 6.07) is 16.5. The lowest BCUT2D eigenvalue weighted by atomic mass is 9.90. The Bertz CT molecular complexity index is 1380. The van der Waals surface area contributed by atoms with Gasteiger partial charge in [-0.25, -0.2) is 9.96 Å². The van der Waals surface area contributed by atoms with Gasteiger partial charge < -0.3 is 0 Å². The maximum Gasteiger partial charge on any atom is 0.271 e. The molecule has 12 heteroatoms. The fourth-order valence-electron chi connectivity index (χ4n) is 4.39. The van der Waals surface area contributed by atoms with E-state index in [0.717, 1.165) is 11.0 Å². The van der Waals surface area contributed by atoms with Gasteiger partial charge in [0.15, 0.2) is 6.10 Å². The number of non-ortho nitro benzene ring substituents is 2. The topological polar surface area (TPSA) is 136 Å². The molecule has 5 rings (SSSR count). The molecule has 0 saturated carbocycles. The van der Waals surface area contributed by atoms with E-state index in [-0.39, 0.29) is 17.1 Å². The molecule has 2 fully saturated rings. The van der Waals surface area contributed by atoms with E-state index in [1.54, 1.807) is 30.3 Å². The molecule has 0 N–H and O–H groups in total. The zero-order valence-electron chi connectivity index (χ0n) is 17.7. The number of nitro groups is 2. The van der Waals surface area contributed by atoms with Gasteiger partial charge in [-0.2, -0.15) is 0 Å². The summed E-state index contributed by atoms with van der Waals surface area (Å²) in [5.41, 5.74) is 0.461. The number of anilines is 2. The van der Waals surface area contributed by atoms with Crippen LogP contribution >= 0.6 is 11.6 Å². The first kappa shape index (κ1) is 22.4. The number of fused-ring (bicyclic) bond motifs is 1. The molecule has 11 nitrogen and oxygen atoms in total. The van der Waals surface area contributed by atoms with E-state index >= 15 is 0 Å². The van der Waals surface area contributed by atoms with Crippen molar-refractivity contribution in [3.63, 3.8) is 0 Å². The molecule has 0 spiro atoms. The summed E-state index contributed by atoms with van der Waals surface area (Å²) in [6.45, 7) is 0. The van der Waals surface area contributed by atoms with Crippen LogP contribution in [0.4, 0.5) is 22.7 Å². The lowest BCUT2D eigenvalue weighted by Crippen LogP contribution is -2.37. The van der Waals surface area contributed by atoms with Crippen LogP contribution in [-0.4, -0.2) is 27.8 Å². The van der Waals surface area contributed by atoms with Crippen molar-refractivity contribution in [2.24, 2.45) is 5.92 Å². The predicted octanol–water partition coefficient (Wildman–Crippen LogP) is 4.21. The Balaban J connectivity index is 1.60. The molecule has 35 heavy (non-hydrogen) atoms. The molecule has 2 saturated heterocycles. The predicted molar refractivity (Wildman–Crippen MR) is 124 cm³/mol. The fraction of sp³-hybridized carbons (Fsp3) is 0.130. The van der Waals surface area contributed by atoms with Gasteiger partial charge in [-0.05, 0) is 35.9 Å². The number of carbonyl (C=O) groups is 2. The summed E-state index contributed by atoms with van der Waals surface area (Å²) in [6.07, 6.45) is -1.23. The van der Waals surface area contributed by atoms with Crippen molar-refractivity contribution in [2.75, 3.05) is 9.96 Å². The Morgan fingerprint density at radius 2 is 1.43 bits per heavy atom. The number of imide groups is 1. The average Bonchev–Trinajstić information content (AvgIpc) is 3.35. The van der Waals surface area contributed by atoms with Gasteiger partial charge in [0, 0.05) is 29.3 Å². The van der Waals surface area contributed by atoms with Gasteiger partial charge >= 0.3 is 0 Å². The van der Waals surface area contributed by atoms with Crippen LogP contribution in [0, 0.1) is 26.1 Å². The summed E-state index contributed by atoms with van der Waals surface area (Å²) in [5.74, 6) is -2.37. The third kappa shape index (κ3) is 3.76. The van der Waals surface area contributed by atoms with E-state index < -0.39 is 39.7 Å². The second-order valence-electron chi connectivity index (χ2n) is 7.94. The molecule has 3 unspecified atom stereocenters. The first-order valence-corrected chi connectivity index (χ1v) is 10.7. The molecule has 3 atom stereocenters. The minimum atomic E-state index is -1.23. The highest BCUT2D eigenvalue weighted by atomic mass is 35.5. The van der Waals surface area contributed by atoms with Crippen molar-refractivity contribution in [3.05, 3.63) is 104 Å². The maximum atomic E-state index is 13.6. The molecule has 2 aliphatic heterocycles. The zero-order chi connectivity index (χ0) is 24.9. The number of benzene rings is 3. The minimum absolute atomic E-state index is 0.0445. The molecular formula is C23H15ClN4O7. The SMILES string of the molecule is O=C1C2ON(c3ccc(Cl)cc3)C(c3cccc([N+](=O)[O-])c3)C2C(=O)N1c1cccc([N+](=O)[O-])c1. The summed E-state index contributed by atoms with van der Waals surface area (Å²) >= 11 is 5.99. The van der Waals surface area contributed by atoms with E-state index in [4.69, 9.17) is 16.4 Å². The molecule has 3 aromatic rings. The highest BCUT2D eigenvalue weighted by Crippen LogP contribution is 2.48. The van der Waals surface area contributed by atoms with Gasteiger partial charge in [0.1, 0.15) is 5.92 Å². The Morgan fingerprint density at radius 3 is 2.09 bits per heavy atom. The van der Waals surface area contributed by atoms with E-state index in [1.807, 2.05) is 0 Å². The molecule has 176 valence electrons. The standard InChI is InChI=1S/C23H15ClN4O7/c24-14-7-9-15(10-8-14)26-20(13-3-1-5-17(11-13)27(31)32)19-21(35-26)23(30)25(22(19)29)16-4-2-6-18(12-16)28(33)34/h1-12,19-21H. The lowest BCUT2D eigenvalue weighted by molar-refractivity contribution is -0.385. The fourth-order valence-corrected chi connectivity index (χ4v) is 4.51. The van der Waals surface area contributed by atoms with Crippen LogP contribution in [0.2, 0.25) is 5.02 Å². The largest absolute Gasteiger partial charge is 0.273 e. The number of carbonyl (C=O) groups excluding carboxylic acids is 2. The van der Waals surface area contributed by atoms with Crippen LogP contribution in [0.25, 0.3) is 0 Å². The van der Waals surface area contributed by atoms with Gasteiger partial charge in [-0.1, -0.05) is 29.8 Å². The second kappa shape index (κ2) is 8.46. The number of nitro benzene ring substituents is 2. The maximum absolute atomic E-state index is 13.6. The van der Waals surface area contributed by atoms with Crippen LogP contribution in [0.15, 0.2) is 72.8 Å². The number of amides is 2. The first-order valence-electron chi connectivity index (χ1n) is 10.3. The van der Waals surface area contributed by atoms with Gasteiger partial charge in [-0.3, -0.25) is 34.7 Å². The monoisotopic (exact) mass is 494 g/mol. The summed E-state index contributed by atoms with van der Waals surface area (Å²) in [7, 11) is 0. The lowest BCUT2D eigenvalue weighted by Gasteiger charge is -2.28. The molecule has 0 aromatic heterocycles. The molecule has 3 aromatic carbocycles. The van der Waals surface area contributed by atoms with Crippen molar-refractivity contribution in [1.82, 2.24) is 0 Å². The number of hydrogen-bond donors (Lipinski definition) is 0. The third-order valence-electron chi connectivity index (χ3n) is 5.92. The van der Waals surface area contributed by atoms with E-state index in [0.29, 0.717) is 16.3 Å². The Kier molecular flexibility index (Phi) is 5.42. The summed E-state index contributed by atoms with van der Waals surface area (Å²) < 4.78 is 0. The quantitative estimate of drug-likeness (QED) is 0.292. The highest BCUT2D eigenvalue weighted by molar-refractivity contribution is 6.30. The Hall–Kier alpha value is -4.35. The Morgan fingerprint density at radius 1 is 0.800 bits per heavy atom. The summed E-state index contributed by atoms with van der Waals surface area (Å²) in [4.78, 5) is 55.1. The van der Waals surface area contributed by atoms with E-state index in [2.05, 4.69) is 0 Å². The molecule has 2 aliphatic rings. The second-order valence-corrected chi connectivity index (χ2v) is 8.38. The van der Waals surface area contributed by atoms with Crippen LogP contribution in [0.5, 0.6) is 0 Å². The van der Waals surface area contributed by atoms with Crippen LogP contribution < -0.4 is 9.96 Å². The van der Waals surface area contributed by atoms with Crippen molar-refractivity contribution in [1.29, 1.82) is 0 Å². The van der Waals surface area contributed by atoms with Crippen LogP contribution in [0.1, 0.15) is 11.6 Å². The van der Waals surface area contributed by atoms with Crippen LogP contribution in [-0.2, 0) is 14.4 Å². The van der Waals surface area contributed by atoms with Gasteiger partial charge in [-0.15, -0.1) is 0 Å². The van der Waals surface area contributed by atoms with Crippen molar-refractivity contribution >= 4 is 46.2 Å². The van der Waals surface area contributed by atoms with Gasteiger partial charge in [0.2, 0.25) is 5.91 Å². The van der Waals surface area contributed by atoms with E-state index in [9.17, 15) is 29.8 Å². The molecular weight excluding hydrogens is 480 g/mol. The normalized spacial score (nSPS) is 21.3. The number of hydrogen-bond acceptors (Lipinski definition) is 8. The van der Waals surface area contributed by atoms with Crippen LogP contribution in [0.3, 0.4) is 0 Å². The molecule has 0 aliphatic carbocycles. The molecule has 0 radical (unpaired) electrons. The number of halogens is 1. The number of hydroxylamine groups is 1. The van der Waals surface area contributed by atoms with Crippen molar-refractivity contribution in [3.8, 4) is 0 Å². The highest BCUT2D eigenvalue weighted by Gasteiger charge is 2.60.